The largest absolute Gasteiger partial charge is 0.591 e. The van der Waals surface area contributed by atoms with E-state index in [1.54, 1.807) is 6.20 Å². The number of aromatic nitrogens is 2. The minimum Gasteiger partial charge on any atom is -0.591 e. The molecule has 0 unspecified atom stereocenters. The van der Waals surface area contributed by atoms with E-state index in [4.69, 9.17) is 5.11 Å². The van der Waals surface area contributed by atoms with Gasteiger partial charge in [-0.15, -0.1) is 0 Å². The first kappa shape index (κ1) is 16.3. The van der Waals surface area contributed by atoms with Gasteiger partial charge in [0, 0.05) is 24.7 Å². The second kappa shape index (κ2) is 5.52. The Morgan fingerprint density at radius 1 is 1.43 bits per heavy atom. The van der Waals surface area contributed by atoms with Gasteiger partial charge in [0.15, 0.2) is 0 Å². The third kappa shape index (κ3) is 2.85. The van der Waals surface area contributed by atoms with Crippen LogP contribution in [0.3, 0.4) is 0 Å². The third-order valence-corrected chi connectivity index (χ3v) is 6.00. The number of carbonyl (C=O) groups is 1. The molecule has 3 heterocycles. The molecule has 7 nitrogen and oxygen atoms in total. The second-order valence-electron chi connectivity index (χ2n) is 7.23. The predicted molar refractivity (Wildman–Crippen MR) is 87.9 cm³/mol. The fraction of sp³-hybridized carbons (Fsp3) is 0.667. The highest BCUT2D eigenvalue weighted by molar-refractivity contribution is 7.91. The molecule has 1 N–H and O–H groups in total. The molecule has 0 saturated carbocycles. The van der Waals surface area contributed by atoms with Gasteiger partial charge in [0.1, 0.15) is 21.8 Å². The Labute approximate surface area is 138 Å². The van der Waals surface area contributed by atoms with Gasteiger partial charge in [0.25, 0.3) is 0 Å². The van der Waals surface area contributed by atoms with E-state index >= 15 is 0 Å². The number of amides is 1. The summed E-state index contributed by atoms with van der Waals surface area (Å²) in [5, 5.41) is 13.5. The number of nitrogens with zero attached hydrogens (tertiary/aromatic N) is 4. The lowest BCUT2D eigenvalue weighted by Gasteiger charge is -2.37. The van der Waals surface area contributed by atoms with E-state index < -0.39 is 22.2 Å². The highest BCUT2D eigenvalue weighted by atomic mass is 32.2. The number of piperidine rings is 1. The first-order valence-electron chi connectivity index (χ1n) is 7.74. The number of carboxylic acid groups (broad SMARTS) is 1. The molecule has 0 radical (unpaired) electrons. The zero-order valence-electron chi connectivity index (χ0n) is 13.7. The van der Waals surface area contributed by atoms with Crippen molar-refractivity contribution in [1.29, 1.82) is 0 Å². The van der Waals surface area contributed by atoms with Crippen molar-refractivity contribution in [2.45, 2.75) is 44.9 Å². The minimum atomic E-state index is -1.35. The van der Waals surface area contributed by atoms with Gasteiger partial charge < -0.3 is 14.6 Å². The van der Waals surface area contributed by atoms with Crippen molar-refractivity contribution < 1.29 is 14.5 Å². The van der Waals surface area contributed by atoms with Crippen LogP contribution in [-0.4, -0.2) is 54.0 Å². The summed E-state index contributed by atoms with van der Waals surface area (Å²) in [6, 6.07) is 1.90. The van der Waals surface area contributed by atoms with E-state index in [9.17, 15) is 9.35 Å². The summed E-state index contributed by atoms with van der Waals surface area (Å²) in [5.74, 6) is 0. The van der Waals surface area contributed by atoms with E-state index in [0.29, 0.717) is 32.5 Å². The summed E-state index contributed by atoms with van der Waals surface area (Å²) in [7, 11) is 0. The SMILES string of the molecule is CC(C)(C)[S@@+]([O-])/N=C1\c2ccnn2CC12CCN(C(=O)O)CC2. The molecule has 8 heteroatoms. The number of hydrogen-bond acceptors (Lipinski definition) is 4. The van der Waals surface area contributed by atoms with E-state index in [0.717, 1.165) is 11.4 Å². The maximum absolute atomic E-state index is 12.5. The van der Waals surface area contributed by atoms with Crippen molar-refractivity contribution in [3.63, 3.8) is 0 Å². The van der Waals surface area contributed by atoms with Crippen molar-refractivity contribution in [2.75, 3.05) is 13.1 Å². The van der Waals surface area contributed by atoms with Gasteiger partial charge >= 0.3 is 6.09 Å². The third-order valence-electron chi connectivity index (χ3n) is 4.60. The topological polar surface area (TPSA) is 93.8 Å². The average molecular weight is 338 g/mol. The van der Waals surface area contributed by atoms with Crippen LogP contribution < -0.4 is 0 Å². The fourth-order valence-electron chi connectivity index (χ4n) is 3.18. The first-order chi connectivity index (χ1) is 10.7. The normalized spacial score (nSPS) is 23.3. The van der Waals surface area contributed by atoms with Gasteiger partial charge in [-0.2, -0.15) is 5.10 Å². The molecule has 23 heavy (non-hydrogen) atoms. The highest BCUT2D eigenvalue weighted by Crippen LogP contribution is 2.42. The van der Waals surface area contributed by atoms with Crippen molar-refractivity contribution in [3.05, 3.63) is 18.0 Å². The van der Waals surface area contributed by atoms with Gasteiger partial charge in [-0.1, -0.05) is 4.40 Å². The Hall–Kier alpha value is -1.54. The molecule has 126 valence electrons. The molecule has 2 aliphatic heterocycles. The number of fused-ring (bicyclic) bond motifs is 1. The molecular formula is C15H22N4O3S. The van der Waals surface area contributed by atoms with E-state index in [2.05, 4.69) is 9.50 Å². The quantitative estimate of drug-likeness (QED) is 0.791. The van der Waals surface area contributed by atoms with Crippen LogP contribution in [0.15, 0.2) is 16.7 Å². The first-order valence-corrected chi connectivity index (χ1v) is 8.85. The molecule has 3 rings (SSSR count). The summed E-state index contributed by atoms with van der Waals surface area (Å²) < 4.78 is 18.6. The van der Waals surface area contributed by atoms with Crippen molar-refractivity contribution in [1.82, 2.24) is 14.7 Å². The Kier molecular flexibility index (Phi) is 3.92. The molecule has 1 spiro atoms. The zero-order chi connectivity index (χ0) is 16.8. The van der Waals surface area contributed by atoms with Crippen LogP contribution in [0.25, 0.3) is 0 Å². The fourth-order valence-corrected chi connectivity index (χ4v) is 3.90. The van der Waals surface area contributed by atoms with Crippen LogP contribution in [0.1, 0.15) is 39.3 Å². The molecule has 1 saturated heterocycles. The van der Waals surface area contributed by atoms with Crippen LogP contribution in [0.5, 0.6) is 0 Å². The highest BCUT2D eigenvalue weighted by Gasteiger charge is 2.48. The maximum Gasteiger partial charge on any atom is 0.407 e. The average Bonchev–Trinajstić information content (AvgIpc) is 3.00. The van der Waals surface area contributed by atoms with Crippen molar-refractivity contribution in [3.8, 4) is 0 Å². The van der Waals surface area contributed by atoms with Gasteiger partial charge in [-0.3, -0.25) is 4.68 Å². The van der Waals surface area contributed by atoms with Crippen LogP contribution in [0, 0.1) is 5.41 Å². The maximum atomic E-state index is 12.5. The Bertz CT molecular complexity index is 641. The number of likely N-dealkylation sites (tertiary alicyclic amines) is 1. The summed E-state index contributed by atoms with van der Waals surface area (Å²) in [6.07, 6.45) is 2.21. The molecular weight excluding hydrogens is 316 g/mol. The number of rotatable bonds is 1. The molecule has 1 aromatic rings. The summed E-state index contributed by atoms with van der Waals surface area (Å²) >= 11 is -1.35. The summed E-state index contributed by atoms with van der Waals surface area (Å²) in [5.41, 5.74) is 1.48. The summed E-state index contributed by atoms with van der Waals surface area (Å²) in [4.78, 5) is 12.6. The minimum absolute atomic E-state index is 0.254. The molecule has 1 amide bonds. The smallest absolute Gasteiger partial charge is 0.407 e. The molecule has 0 aliphatic carbocycles. The van der Waals surface area contributed by atoms with Gasteiger partial charge in [0.05, 0.1) is 12.2 Å². The van der Waals surface area contributed by atoms with Gasteiger partial charge in [-0.25, -0.2) is 4.79 Å². The lowest BCUT2D eigenvalue weighted by Crippen LogP contribution is -2.46. The number of hydrogen-bond donors (Lipinski definition) is 1. The van der Waals surface area contributed by atoms with Crippen molar-refractivity contribution >= 4 is 23.2 Å². The molecule has 1 aromatic heterocycles. The van der Waals surface area contributed by atoms with Gasteiger partial charge in [0.2, 0.25) is 0 Å². The Balaban J connectivity index is 1.93. The van der Waals surface area contributed by atoms with Crippen LogP contribution in [0.2, 0.25) is 0 Å². The molecule has 1 atom stereocenters. The van der Waals surface area contributed by atoms with Crippen LogP contribution in [-0.2, 0) is 17.9 Å². The van der Waals surface area contributed by atoms with E-state index in [-0.39, 0.29) is 5.41 Å². The Morgan fingerprint density at radius 3 is 2.65 bits per heavy atom. The molecule has 0 aromatic carbocycles. The van der Waals surface area contributed by atoms with Gasteiger partial charge in [-0.05, 0) is 39.7 Å². The monoisotopic (exact) mass is 338 g/mol. The molecule has 2 aliphatic rings. The lowest BCUT2D eigenvalue weighted by molar-refractivity contribution is 0.110. The predicted octanol–water partition coefficient (Wildman–Crippen LogP) is 1.91. The zero-order valence-corrected chi connectivity index (χ0v) is 14.5. The second-order valence-corrected chi connectivity index (χ2v) is 9.13. The lowest BCUT2D eigenvalue weighted by atomic mass is 9.75. The molecule has 1 fully saturated rings. The molecule has 0 bridgehead atoms. The van der Waals surface area contributed by atoms with Crippen LogP contribution in [0.4, 0.5) is 4.79 Å². The standard InChI is InChI=1S/C15H22N4O3S/c1-14(2,3)23(22)17-12-11-4-7-16-19(11)10-15(12)5-8-18(9-6-15)13(20)21/h4,7H,5-6,8-10H2,1-3H3,(H,20,21)/b17-12+/t23-/m1/s1. The Morgan fingerprint density at radius 2 is 2.09 bits per heavy atom. The van der Waals surface area contributed by atoms with Crippen molar-refractivity contribution in [2.24, 2.45) is 9.81 Å². The summed E-state index contributed by atoms with van der Waals surface area (Å²) in [6.45, 7) is 7.34. The van der Waals surface area contributed by atoms with E-state index in [1.165, 1.54) is 4.90 Å². The van der Waals surface area contributed by atoms with Crippen LogP contribution >= 0.6 is 0 Å². The van der Waals surface area contributed by atoms with E-state index in [1.807, 2.05) is 31.5 Å².